The monoisotopic (exact) mass is 370 g/mol. The second kappa shape index (κ2) is 8.41. The van der Waals surface area contributed by atoms with Crippen molar-refractivity contribution in [2.45, 2.75) is 6.10 Å². The Morgan fingerprint density at radius 3 is 2.26 bits per heavy atom. The number of esters is 1. The summed E-state index contributed by atoms with van der Waals surface area (Å²) >= 11 is 0. The summed E-state index contributed by atoms with van der Waals surface area (Å²) in [5, 5.41) is 10.7. The largest absolute Gasteiger partial charge is 0.444 e. The van der Waals surface area contributed by atoms with E-state index in [1.165, 1.54) is 24.3 Å². The Kier molecular flexibility index (Phi) is 5.77. The van der Waals surface area contributed by atoms with Crippen LogP contribution in [0.5, 0.6) is 0 Å². The number of carbonyl (C=O) groups excluding carboxylic acids is 2. The van der Waals surface area contributed by atoms with E-state index in [0.29, 0.717) is 31.9 Å². The molecule has 8 nitrogen and oxygen atoms in total. The minimum atomic E-state index is -1.09. The molecule has 0 spiro atoms. The lowest BCUT2D eigenvalue weighted by Gasteiger charge is -2.30. The van der Waals surface area contributed by atoms with Crippen LogP contribution in [0.1, 0.15) is 22.0 Å². The van der Waals surface area contributed by atoms with Gasteiger partial charge in [-0.05, 0) is 12.1 Å². The van der Waals surface area contributed by atoms with E-state index in [2.05, 4.69) is 0 Å². The smallest absolute Gasteiger partial charge is 0.339 e. The number of morpholine rings is 1. The zero-order valence-corrected chi connectivity index (χ0v) is 14.4. The number of hydrogen-bond acceptors (Lipinski definition) is 6. The normalized spacial score (nSPS) is 15.0. The molecule has 2 aromatic rings. The van der Waals surface area contributed by atoms with Gasteiger partial charge in [0, 0.05) is 30.8 Å². The van der Waals surface area contributed by atoms with E-state index in [1.807, 2.05) is 0 Å². The first-order chi connectivity index (χ1) is 13.1. The molecule has 1 atom stereocenters. The van der Waals surface area contributed by atoms with E-state index in [0.717, 1.165) is 0 Å². The summed E-state index contributed by atoms with van der Waals surface area (Å²) in [6, 6.07) is 13.8. The maximum Gasteiger partial charge on any atom is 0.339 e. The molecule has 1 heterocycles. The Morgan fingerprint density at radius 1 is 1.04 bits per heavy atom. The lowest BCUT2D eigenvalue weighted by Crippen LogP contribution is -2.44. The van der Waals surface area contributed by atoms with Crippen molar-refractivity contribution in [2.24, 2.45) is 0 Å². The van der Waals surface area contributed by atoms with Crippen molar-refractivity contribution in [3.8, 4) is 0 Å². The highest BCUT2D eigenvalue weighted by Crippen LogP contribution is 2.23. The van der Waals surface area contributed by atoms with Gasteiger partial charge in [0.05, 0.1) is 23.7 Å². The second-order valence-corrected chi connectivity index (χ2v) is 5.94. The van der Waals surface area contributed by atoms with Crippen LogP contribution in [0, 0.1) is 10.1 Å². The molecule has 8 heteroatoms. The third kappa shape index (κ3) is 4.48. The summed E-state index contributed by atoms with van der Waals surface area (Å²) in [7, 11) is 0. The molecule has 1 fully saturated rings. The zero-order valence-electron chi connectivity index (χ0n) is 14.4. The predicted molar refractivity (Wildman–Crippen MR) is 95.1 cm³/mol. The molecular formula is C19H18N2O6. The number of nitrogens with zero attached hydrogens (tertiary/aromatic N) is 2. The molecule has 0 bridgehead atoms. The second-order valence-electron chi connectivity index (χ2n) is 5.94. The van der Waals surface area contributed by atoms with Crippen molar-refractivity contribution in [1.29, 1.82) is 0 Å². The Labute approximate surface area is 155 Å². The molecule has 0 saturated carbocycles. The average Bonchev–Trinajstić information content (AvgIpc) is 2.72. The summed E-state index contributed by atoms with van der Waals surface area (Å²) in [6.07, 6.45) is -1.09. The summed E-state index contributed by atoms with van der Waals surface area (Å²) in [5.74, 6) is -1.04. The lowest BCUT2D eigenvalue weighted by molar-refractivity contribution is -0.384. The topological polar surface area (TPSA) is 99.0 Å². The molecule has 2 aromatic carbocycles. The van der Waals surface area contributed by atoms with Gasteiger partial charge in [-0.15, -0.1) is 0 Å². The number of hydrogen-bond donors (Lipinski definition) is 0. The van der Waals surface area contributed by atoms with Gasteiger partial charge in [0.25, 0.3) is 11.6 Å². The molecule has 3 rings (SSSR count). The highest BCUT2D eigenvalue weighted by atomic mass is 16.6. The molecule has 0 aliphatic carbocycles. The van der Waals surface area contributed by atoms with Crippen LogP contribution in [-0.2, 0) is 14.3 Å². The fourth-order valence-electron chi connectivity index (χ4n) is 2.73. The first-order valence-corrected chi connectivity index (χ1v) is 8.43. The van der Waals surface area contributed by atoms with E-state index in [1.54, 1.807) is 35.2 Å². The van der Waals surface area contributed by atoms with Gasteiger partial charge in [-0.1, -0.05) is 30.3 Å². The maximum atomic E-state index is 12.9. The van der Waals surface area contributed by atoms with Crippen molar-refractivity contribution in [2.75, 3.05) is 26.3 Å². The van der Waals surface area contributed by atoms with E-state index < -0.39 is 17.0 Å². The number of rotatable bonds is 5. The Hall–Kier alpha value is -3.26. The lowest BCUT2D eigenvalue weighted by atomic mass is 10.1. The molecule has 27 heavy (non-hydrogen) atoms. The highest BCUT2D eigenvalue weighted by Gasteiger charge is 2.30. The first-order valence-electron chi connectivity index (χ1n) is 8.43. The van der Waals surface area contributed by atoms with Crippen LogP contribution < -0.4 is 0 Å². The molecule has 0 radical (unpaired) electrons. The maximum absolute atomic E-state index is 12.9. The first kappa shape index (κ1) is 18.5. The number of ether oxygens (including phenoxy) is 2. The van der Waals surface area contributed by atoms with Crippen molar-refractivity contribution >= 4 is 17.6 Å². The van der Waals surface area contributed by atoms with Gasteiger partial charge in [0.1, 0.15) is 0 Å². The standard InChI is InChI=1S/C19H18N2O6/c22-18(20-10-12-26-13-11-20)17(14-4-2-1-3-5-14)27-19(23)15-6-8-16(9-7-15)21(24)25/h1-9,17H,10-13H2/t17-/m1/s1. The minimum Gasteiger partial charge on any atom is -0.444 e. The summed E-state index contributed by atoms with van der Waals surface area (Å²) < 4.78 is 10.8. The molecular weight excluding hydrogens is 352 g/mol. The fourth-order valence-corrected chi connectivity index (χ4v) is 2.73. The van der Waals surface area contributed by atoms with E-state index >= 15 is 0 Å². The van der Waals surface area contributed by atoms with Crippen molar-refractivity contribution in [3.05, 3.63) is 75.8 Å². The van der Waals surface area contributed by atoms with Gasteiger partial charge in [-0.3, -0.25) is 14.9 Å². The van der Waals surface area contributed by atoms with Gasteiger partial charge >= 0.3 is 5.97 Å². The van der Waals surface area contributed by atoms with Crippen LogP contribution >= 0.6 is 0 Å². The van der Waals surface area contributed by atoms with Gasteiger partial charge in [-0.2, -0.15) is 0 Å². The number of amides is 1. The zero-order chi connectivity index (χ0) is 19.2. The Balaban J connectivity index is 1.81. The molecule has 1 saturated heterocycles. The summed E-state index contributed by atoms with van der Waals surface area (Å²) in [5.41, 5.74) is 0.566. The molecule has 140 valence electrons. The van der Waals surface area contributed by atoms with Crippen LogP contribution in [0.15, 0.2) is 54.6 Å². The Morgan fingerprint density at radius 2 is 1.67 bits per heavy atom. The molecule has 0 unspecified atom stereocenters. The van der Waals surface area contributed by atoms with E-state index in [4.69, 9.17) is 9.47 Å². The van der Waals surface area contributed by atoms with Crippen LogP contribution in [-0.4, -0.2) is 48.0 Å². The van der Waals surface area contributed by atoms with Crippen molar-refractivity contribution < 1.29 is 24.0 Å². The third-order valence-electron chi connectivity index (χ3n) is 4.19. The number of benzene rings is 2. The summed E-state index contributed by atoms with van der Waals surface area (Å²) in [6.45, 7) is 1.72. The van der Waals surface area contributed by atoms with Crippen LogP contribution in [0.25, 0.3) is 0 Å². The van der Waals surface area contributed by atoms with Gasteiger partial charge in [0.15, 0.2) is 0 Å². The highest BCUT2D eigenvalue weighted by molar-refractivity contribution is 5.93. The number of nitro groups is 1. The third-order valence-corrected chi connectivity index (χ3v) is 4.19. The van der Waals surface area contributed by atoms with Gasteiger partial charge < -0.3 is 14.4 Å². The Bertz CT molecular complexity index is 816. The van der Waals surface area contributed by atoms with Crippen molar-refractivity contribution in [1.82, 2.24) is 4.90 Å². The van der Waals surface area contributed by atoms with Gasteiger partial charge in [0.2, 0.25) is 6.10 Å². The summed E-state index contributed by atoms with van der Waals surface area (Å²) in [4.78, 5) is 37.2. The predicted octanol–water partition coefficient (Wildman–Crippen LogP) is 2.35. The van der Waals surface area contributed by atoms with Crippen LogP contribution in [0.3, 0.4) is 0 Å². The number of nitro benzene ring substituents is 1. The quantitative estimate of drug-likeness (QED) is 0.455. The minimum absolute atomic E-state index is 0.129. The average molecular weight is 370 g/mol. The molecule has 1 aliphatic heterocycles. The molecule has 1 aliphatic rings. The van der Waals surface area contributed by atoms with E-state index in [-0.39, 0.29) is 17.2 Å². The van der Waals surface area contributed by atoms with Gasteiger partial charge in [-0.25, -0.2) is 4.79 Å². The molecule has 0 N–H and O–H groups in total. The molecule has 1 amide bonds. The molecule has 0 aromatic heterocycles. The van der Waals surface area contributed by atoms with Crippen LogP contribution in [0.2, 0.25) is 0 Å². The van der Waals surface area contributed by atoms with Crippen LogP contribution in [0.4, 0.5) is 5.69 Å². The fraction of sp³-hybridized carbons (Fsp3) is 0.263. The van der Waals surface area contributed by atoms with Crippen molar-refractivity contribution in [3.63, 3.8) is 0 Å². The van der Waals surface area contributed by atoms with E-state index in [9.17, 15) is 19.7 Å². The number of non-ortho nitro benzene ring substituents is 1. The SMILES string of the molecule is O=C(O[C@@H](C(=O)N1CCOCC1)c1ccccc1)c1ccc([N+](=O)[O-])cc1. The number of carbonyl (C=O) groups is 2.